The summed E-state index contributed by atoms with van der Waals surface area (Å²) in [5.41, 5.74) is 0.579. The largest absolute Gasteiger partial charge is 0.508 e. The maximum absolute atomic E-state index is 13.4. The van der Waals surface area contributed by atoms with Crippen molar-refractivity contribution in [3.63, 3.8) is 0 Å². The minimum atomic E-state index is -1.06. The molecule has 1 aliphatic carbocycles. The van der Waals surface area contributed by atoms with Crippen molar-refractivity contribution in [2.24, 2.45) is 0 Å². The number of fused-ring (bicyclic) bond motifs is 1. The summed E-state index contributed by atoms with van der Waals surface area (Å²) in [5, 5.41) is 12.5. The molecular weight excluding hydrogens is 481 g/mol. The molecule has 1 aromatic heterocycles. The maximum Gasteiger partial charge on any atom is 0.279 e. The molecule has 172 valence electrons. The van der Waals surface area contributed by atoms with Crippen LogP contribution in [0.15, 0.2) is 36.1 Å². The normalized spacial score (nSPS) is 19.9. The lowest BCUT2D eigenvalue weighted by Crippen LogP contribution is -2.49. The summed E-state index contributed by atoms with van der Waals surface area (Å²) in [4.78, 5) is 17.9. The van der Waals surface area contributed by atoms with Crippen LogP contribution in [0.4, 0.5) is 0 Å². The van der Waals surface area contributed by atoms with Crippen LogP contribution in [0.25, 0.3) is 15.8 Å². The lowest BCUT2D eigenvalue weighted by molar-refractivity contribution is -0.158. The number of halogens is 2. The molecule has 1 aliphatic heterocycles. The van der Waals surface area contributed by atoms with E-state index in [0.29, 0.717) is 43.6 Å². The van der Waals surface area contributed by atoms with Gasteiger partial charge in [-0.1, -0.05) is 40.6 Å². The van der Waals surface area contributed by atoms with Crippen molar-refractivity contribution < 1.29 is 19.4 Å². The highest BCUT2D eigenvalue weighted by molar-refractivity contribution is 7.20. The van der Waals surface area contributed by atoms with E-state index < -0.39 is 11.2 Å². The van der Waals surface area contributed by atoms with Crippen molar-refractivity contribution in [3.8, 4) is 10.9 Å². The fourth-order valence-electron chi connectivity index (χ4n) is 4.34. The molecule has 3 aromatic rings. The Morgan fingerprint density at radius 2 is 1.85 bits per heavy atom. The van der Waals surface area contributed by atoms with Crippen molar-refractivity contribution in [1.29, 1.82) is 0 Å². The molecule has 2 aromatic carbocycles. The summed E-state index contributed by atoms with van der Waals surface area (Å²) in [5.74, 6) is 0.567. The van der Waals surface area contributed by atoms with Gasteiger partial charge in [-0.15, -0.1) is 0 Å². The Morgan fingerprint density at radius 1 is 1.12 bits per heavy atom. The van der Waals surface area contributed by atoms with Gasteiger partial charge < -0.3 is 14.6 Å². The van der Waals surface area contributed by atoms with Crippen LogP contribution in [0.3, 0.4) is 0 Å². The number of ketones is 1. The van der Waals surface area contributed by atoms with E-state index in [1.165, 1.54) is 11.3 Å². The van der Waals surface area contributed by atoms with Crippen LogP contribution >= 0.6 is 34.5 Å². The first-order valence-corrected chi connectivity index (χ1v) is 12.3. The highest BCUT2D eigenvalue weighted by Crippen LogP contribution is 2.48. The first kappa shape index (κ1) is 22.7. The fraction of sp³-hybridized carbons (Fsp3) is 0.360. The molecule has 1 N–H and O–H groups in total. The summed E-state index contributed by atoms with van der Waals surface area (Å²) >= 11 is 13.7. The summed E-state index contributed by atoms with van der Waals surface area (Å²) in [7, 11) is 0. The standard InChI is InChI=1S/C25H23Cl2NO4S/c1-24(2)21(29)19(22(30)25(3,4)32-24)16-11-14(7-8-15(16)12-5-6-12)31-23-28-20-17(27)9-13(26)10-18(20)33-23/h7-12,29H,5-6H2,1-4H3. The lowest BCUT2D eigenvalue weighted by Gasteiger charge is -2.40. The summed E-state index contributed by atoms with van der Waals surface area (Å²) in [6.07, 6.45) is 2.10. The Hall–Kier alpha value is -2.12. The summed E-state index contributed by atoms with van der Waals surface area (Å²) in [6, 6.07) is 9.10. The van der Waals surface area contributed by atoms with Gasteiger partial charge in [0.2, 0.25) is 0 Å². The molecule has 2 heterocycles. The molecule has 0 radical (unpaired) electrons. The van der Waals surface area contributed by atoms with Crippen LogP contribution in [-0.2, 0) is 9.53 Å². The molecule has 33 heavy (non-hydrogen) atoms. The minimum Gasteiger partial charge on any atom is -0.508 e. The van der Waals surface area contributed by atoms with E-state index in [9.17, 15) is 9.90 Å². The predicted molar refractivity (Wildman–Crippen MR) is 132 cm³/mol. The SMILES string of the molecule is CC1(C)OC(C)(C)C(O)=C(c2cc(Oc3nc4c(Cl)cc(Cl)cc4s3)ccc2C2CC2)C1=O. The smallest absolute Gasteiger partial charge is 0.279 e. The quantitative estimate of drug-likeness (QED) is 0.394. The zero-order valence-corrected chi connectivity index (χ0v) is 21.0. The molecule has 8 heteroatoms. The van der Waals surface area contributed by atoms with Gasteiger partial charge in [0.15, 0.2) is 5.78 Å². The number of aromatic nitrogens is 1. The molecule has 2 aliphatic rings. The number of thiazole rings is 1. The number of benzene rings is 2. The zero-order valence-electron chi connectivity index (χ0n) is 18.7. The number of nitrogens with zero attached hydrogens (tertiary/aromatic N) is 1. The highest BCUT2D eigenvalue weighted by Gasteiger charge is 2.48. The highest BCUT2D eigenvalue weighted by atomic mass is 35.5. The fourth-order valence-corrected chi connectivity index (χ4v) is 5.90. The topological polar surface area (TPSA) is 68.7 Å². The van der Waals surface area contributed by atoms with Gasteiger partial charge in [0.05, 0.1) is 15.3 Å². The summed E-state index contributed by atoms with van der Waals surface area (Å²) in [6.45, 7) is 7.00. The first-order chi connectivity index (χ1) is 15.5. The van der Waals surface area contributed by atoms with Gasteiger partial charge in [0.1, 0.15) is 28.2 Å². The van der Waals surface area contributed by atoms with E-state index in [4.69, 9.17) is 32.7 Å². The number of ether oxygens (including phenoxy) is 2. The zero-order chi connectivity index (χ0) is 23.7. The third-order valence-corrected chi connectivity index (χ3v) is 7.39. The number of hydrogen-bond donors (Lipinski definition) is 1. The van der Waals surface area contributed by atoms with Gasteiger partial charge in [0.25, 0.3) is 5.19 Å². The van der Waals surface area contributed by atoms with Crippen LogP contribution in [0, 0.1) is 0 Å². The Balaban J connectivity index is 1.60. The first-order valence-electron chi connectivity index (χ1n) is 10.7. The molecule has 0 bridgehead atoms. The third kappa shape index (κ3) is 4.03. The second-order valence-electron chi connectivity index (χ2n) is 9.51. The molecule has 5 rings (SSSR count). The number of Topliss-reactive ketones (excluding diaryl/α,β-unsaturated/α-hetero) is 1. The predicted octanol–water partition coefficient (Wildman–Crippen LogP) is 7.70. The van der Waals surface area contributed by atoms with Gasteiger partial charge in [-0.05, 0) is 81.8 Å². The molecule has 0 spiro atoms. The molecule has 1 saturated carbocycles. The molecule has 0 atom stereocenters. The van der Waals surface area contributed by atoms with Crippen LogP contribution in [0.1, 0.15) is 57.6 Å². The third-order valence-electron chi connectivity index (χ3n) is 6.00. The van der Waals surface area contributed by atoms with Gasteiger partial charge in [0, 0.05) is 5.02 Å². The van der Waals surface area contributed by atoms with Crippen LogP contribution in [0.5, 0.6) is 10.9 Å². The van der Waals surface area contributed by atoms with Crippen LogP contribution < -0.4 is 4.74 Å². The van der Waals surface area contributed by atoms with E-state index in [1.54, 1.807) is 39.8 Å². The second-order valence-corrected chi connectivity index (χ2v) is 11.4. The average Bonchev–Trinajstić information content (AvgIpc) is 3.47. The summed E-state index contributed by atoms with van der Waals surface area (Å²) < 4.78 is 12.8. The molecule has 0 unspecified atom stereocenters. The lowest BCUT2D eigenvalue weighted by atomic mass is 9.81. The van der Waals surface area contributed by atoms with Gasteiger partial charge in [-0.2, -0.15) is 0 Å². The number of aliphatic hydroxyl groups is 1. The number of rotatable bonds is 4. The Morgan fingerprint density at radius 3 is 2.55 bits per heavy atom. The molecule has 1 fully saturated rings. The number of carbonyl (C=O) groups is 1. The van der Waals surface area contributed by atoms with Crippen molar-refractivity contribution in [1.82, 2.24) is 4.98 Å². The minimum absolute atomic E-state index is 0.0627. The van der Waals surface area contributed by atoms with Crippen LogP contribution in [-0.4, -0.2) is 27.1 Å². The van der Waals surface area contributed by atoms with Crippen molar-refractivity contribution in [3.05, 3.63) is 57.3 Å². The van der Waals surface area contributed by atoms with E-state index in [2.05, 4.69) is 4.98 Å². The molecule has 0 saturated heterocycles. The van der Waals surface area contributed by atoms with E-state index >= 15 is 0 Å². The number of aliphatic hydroxyl groups excluding tert-OH is 1. The molecule has 0 amide bonds. The Labute approximate surface area is 205 Å². The molecule has 5 nitrogen and oxygen atoms in total. The van der Waals surface area contributed by atoms with E-state index in [-0.39, 0.29) is 11.5 Å². The molecular formula is C25H23Cl2NO4S. The van der Waals surface area contributed by atoms with Gasteiger partial charge >= 0.3 is 0 Å². The Kier molecular flexibility index (Phi) is 5.29. The van der Waals surface area contributed by atoms with Gasteiger partial charge in [-0.25, -0.2) is 4.98 Å². The second kappa shape index (κ2) is 7.70. The monoisotopic (exact) mass is 503 g/mol. The maximum atomic E-state index is 13.4. The van der Waals surface area contributed by atoms with Gasteiger partial charge in [-0.3, -0.25) is 4.79 Å². The van der Waals surface area contributed by atoms with Crippen molar-refractivity contribution in [2.75, 3.05) is 0 Å². The van der Waals surface area contributed by atoms with Crippen molar-refractivity contribution >= 4 is 56.1 Å². The number of carbonyl (C=O) groups excluding carboxylic acids is 1. The van der Waals surface area contributed by atoms with Crippen molar-refractivity contribution in [2.45, 2.75) is 57.7 Å². The number of hydrogen-bond acceptors (Lipinski definition) is 6. The Bertz CT molecular complexity index is 1340. The van der Waals surface area contributed by atoms with E-state index in [1.807, 2.05) is 18.2 Å². The average molecular weight is 504 g/mol. The van der Waals surface area contributed by atoms with E-state index in [0.717, 1.165) is 23.1 Å². The van der Waals surface area contributed by atoms with Crippen LogP contribution in [0.2, 0.25) is 10.0 Å².